The smallest absolute Gasteiger partial charge is 0.355 e. The summed E-state index contributed by atoms with van der Waals surface area (Å²) in [4.78, 5) is 26.9. The fraction of sp³-hybridized carbons (Fsp3) is 0.214. The molecule has 1 amide bonds. The third-order valence-corrected chi connectivity index (χ3v) is 3.94. The Hall–Kier alpha value is -2.21. The molecule has 0 aliphatic rings. The molecule has 2 N–H and O–H groups in total. The largest absolute Gasteiger partial charge is 0.476 e. The van der Waals surface area contributed by atoms with Crippen molar-refractivity contribution in [2.24, 2.45) is 0 Å². The SMILES string of the molecule is Cc1ccccc1NC(=O)C(C)c1nc(C(=O)O)cs1. The number of hydrogen-bond donors (Lipinski definition) is 2. The lowest BCUT2D eigenvalue weighted by molar-refractivity contribution is -0.117. The van der Waals surface area contributed by atoms with E-state index in [1.165, 1.54) is 16.7 Å². The van der Waals surface area contributed by atoms with Crippen LogP contribution < -0.4 is 5.32 Å². The average Bonchev–Trinajstić information content (AvgIpc) is 2.90. The van der Waals surface area contributed by atoms with Crippen molar-refractivity contribution in [2.75, 3.05) is 5.32 Å². The van der Waals surface area contributed by atoms with Gasteiger partial charge >= 0.3 is 5.97 Å². The van der Waals surface area contributed by atoms with Crippen molar-refractivity contribution < 1.29 is 14.7 Å². The molecule has 1 heterocycles. The number of carbonyl (C=O) groups excluding carboxylic acids is 1. The second-order valence-electron chi connectivity index (χ2n) is 4.40. The molecule has 0 saturated heterocycles. The Morgan fingerprint density at radius 1 is 1.35 bits per heavy atom. The summed E-state index contributed by atoms with van der Waals surface area (Å²) in [5, 5.41) is 13.6. The molecule has 2 rings (SSSR count). The van der Waals surface area contributed by atoms with Crippen molar-refractivity contribution >= 4 is 28.9 Å². The summed E-state index contributed by atoms with van der Waals surface area (Å²) >= 11 is 1.18. The highest BCUT2D eigenvalue weighted by atomic mass is 32.1. The minimum Gasteiger partial charge on any atom is -0.476 e. The maximum atomic E-state index is 12.2. The Bertz CT molecular complexity index is 651. The Balaban J connectivity index is 2.12. The van der Waals surface area contributed by atoms with E-state index in [4.69, 9.17) is 5.11 Å². The molecule has 0 spiro atoms. The fourth-order valence-electron chi connectivity index (χ4n) is 1.65. The van der Waals surface area contributed by atoms with Crippen LogP contribution in [0.25, 0.3) is 0 Å². The third-order valence-electron chi connectivity index (χ3n) is 2.91. The second kappa shape index (κ2) is 5.83. The lowest BCUT2D eigenvalue weighted by atomic mass is 10.1. The minimum absolute atomic E-state index is 0.0273. The number of aromatic carboxylic acids is 1. The molecule has 0 radical (unpaired) electrons. The minimum atomic E-state index is -1.08. The average molecular weight is 290 g/mol. The van der Waals surface area contributed by atoms with Gasteiger partial charge in [-0.15, -0.1) is 11.3 Å². The van der Waals surface area contributed by atoms with Gasteiger partial charge in [-0.3, -0.25) is 4.79 Å². The number of carbonyl (C=O) groups is 2. The predicted octanol–water partition coefficient (Wildman–Crippen LogP) is 2.89. The maximum Gasteiger partial charge on any atom is 0.355 e. The summed E-state index contributed by atoms with van der Waals surface area (Å²) in [5.41, 5.74) is 1.69. The van der Waals surface area contributed by atoms with Crippen LogP contribution >= 0.6 is 11.3 Å². The number of aryl methyl sites for hydroxylation is 1. The summed E-state index contributed by atoms with van der Waals surface area (Å²) in [7, 11) is 0. The molecule has 5 nitrogen and oxygen atoms in total. The van der Waals surface area contributed by atoms with Gasteiger partial charge in [-0.2, -0.15) is 0 Å². The van der Waals surface area contributed by atoms with Crippen LogP contribution in [-0.4, -0.2) is 22.0 Å². The van der Waals surface area contributed by atoms with Gasteiger partial charge in [0.15, 0.2) is 5.69 Å². The van der Waals surface area contributed by atoms with Crippen molar-refractivity contribution in [2.45, 2.75) is 19.8 Å². The molecule has 0 fully saturated rings. The molecule has 0 aliphatic heterocycles. The van der Waals surface area contributed by atoms with Crippen molar-refractivity contribution in [3.8, 4) is 0 Å². The quantitative estimate of drug-likeness (QED) is 0.907. The first-order valence-corrected chi connectivity index (χ1v) is 6.92. The zero-order valence-corrected chi connectivity index (χ0v) is 11.9. The van der Waals surface area contributed by atoms with Crippen LogP contribution in [0.3, 0.4) is 0 Å². The van der Waals surface area contributed by atoms with Gasteiger partial charge in [0.2, 0.25) is 5.91 Å². The summed E-state index contributed by atoms with van der Waals surface area (Å²) in [5.74, 6) is -1.78. The highest BCUT2D eigenvalue weighted by molar-refractivity contribution is 7.10. The first-order valence-electron chi connectivity index (χ1n) is 6.04. The molecule has 1 atom stereocenters. The Labute approximate surface area is 120 Å². The van der Waals surface area contributed by atoms with E-state index >= 15 is 0 Å². The summed E-state index contributed by atoms with van der Waals surface area (Å²) < 4.78 is 0. The molecule has 0 aliphatic carbocycles. The molecule has 1 unspecified atom stereocenters. The summed E-state index contributed by atoms with van der Waals surface area (Å²) in [6.07, 6.45) is 0. The molecule has 6 heteroatoms. The van der Waals surface area contributed by atoms with E-state index in [1.54, 1.807) is 6.92 Å². The zero-order valence-electron chi connectivity index (χ0n) is 11.1. The van der Waals surface area contributed by atoms with E-state index in [2.05, 4.69) is 10.3 Å². The van der Waals surface area contributed by atoms with Gasteiger partial charge in [0.05, 0.1) is 5.92 Å². The Kier molecular flexibility index (Phi) is 4.14. The highest BCUT2D eigenvalue weighted by Crippen LogP contribution is 2.23. The molecular formula is C14H14N2O3S. The number of benzene rings is 1. The molecule has 1 aromatic heterocycles. The van der Waals surface area contributed by atoms with Crippen molar-refractivity contribution in [3.05, 3.63) is 45.9 Å². The molecule has 0 bridgehead atoms. The number of anilines is 1. The van der Waals surface area contributed by atoms with Gasteiger partial charge in [-0.25, -0.2) is 9.78 Å². The number of carboxylic acids is 1. The number of para-hydroxylation sites is 1. The molecular weight excluding hydrogens is 276 g/mol. The normalized spacial score (nSPS) is 11.9. The fourth-order valence-corrected chi connectivity index (χ4v) is 2.50. The number of aromatic nitrogens is 1. The lowest BCUT2D eigenvalue weighted by Gasteiger charge is -2.11. The number of carboxylic acid groups (broad SMARTS) is 1. The number of amides is 1. The van der Waals surface area contributed by atoms with Gasteiger partial charge in [0.1, 0.15) is 5.01 Å². The number of hydrogen-bond acceptors (Lipinski definition) is 4. The third kappa shape index (κ3) is 3.03. The molecule has 1 aromatic carbocycles. The summed E-state index contributed by atoms with van der Waals surface area (Å²) in [6, 6.07) is 7.48. The van der Waals surface area contributed by atoms with Crippen molar-refractivity contribution in [3.63, 3.8) is 0 Å². The van der Waals surface area contributed by atoms with Gasteiger partial charge in [-0.05, 0) is 25.5 Å². The van der Waals surface area contributed by atoms with Gasteiger partial charge in [0, 0.05) is 11.1 Å². The number of nitrogens with one attached hydrogen (secondary N) is 1. The van der Waals surface area contributed by atoms with Crippen molar-refractivity contribution in [1.82, 2.24) is 4.98 Å². The first kappa shape index (κ1) is 14.2. The van der Waals surface area contributed by atoms with Crippen LogP contribution in [0.4, 0.5) is 5.69 Å². The molecule has 0 saturated carbocycles. The van der Waals surface area contributed by atoms with E-state index < -0.39 is 11.9 Å². The molecule has 20 heavy (non-hydrogen) atoms. The summed E-state index contributed by atoms with van der Waals surface area (Å²) in [6.45, 7) is 3.62. The number of rotatable bonds is 4. The molecule has 2 aromatic rings. The van der Waals surface area contributed by atoms with E-state index in [9.17, 15) is 9.59 Å². The first-order chi connectivity index (χ1) is 9.49. The zero-order chi connectivity index (χ0) is 14.7. The topological polar surface area (TPSA) is 79.3 Å². The van der Waals surface area contributed by atoms with E-state index in [0.29, 0.717) is 5.01 Å². The molecule has 104 valence electrons. The van der Waals surface area contributed by atoms with Crippen LogP contribution in [0.1, 0.15) is 33.9 Å². The van der Waals surface area contributed by atoms with Gasteiger partial charge < -0.3 is 10.4 Å². The van der Waals surface area contributed by atoms with Crippen molar-refractivity contribution in [1.29, 1.82) is 0 Å². The second-order valence-corrected chi connectivity index (χ2v) is 5.29. The van der Waals surface area contributed by atoms with Crippen LogP contribution in [0.2, 0.25) is 0 Å². The van der Waals surface area contributed by atoms with Crippen LogP contribution in [0.15, 0.2) is 29.6 Å². The lowest BCUT2D eigenvalue weighted by Crippen LogP contribution is -2.19. The van der Waals surface area contributed by atoms with Gasteiger partial charge in [-0.1, -0.05) is 18.2 Å². The standard InChI is InChI=1S/C14H14N2O3S/c1-8-5-3-4-6-10(8)15-12(17)9(2)13-16-11(7-20-13)14(18)19/h3-7,9H,1-2H3,(H,15,17)(H,18,19). The van der Waals surface area contributed by atoms with E-state index in [0.717, 1.165) is 11.3 Å². The van der Waals surface area contributed by atoms with Gasteiger partial charge in [0.25, 0.3) is 0 Å². The predicted molar refractivity (Wildman–Crippen MR) is 77.3 cm³/mol. The number of nitrogens with zero attached hydrogens (tertiary/aromatic N) is 1. The monoisotopic (exact) mass is 290 g/mol. The maximum absolute atomic E-state index is 12.2. The Morgan fingerprint density at radius 2 is 2.05 bits per heavy atom. The van der Waals surface area contributed by atoms with E-state index in [-0.39, 0.29) is 11.6 Å². The number of thiazole rings is 1. The van der Waals surface area contributed by atoms with Crippen LogP contribution in [0.5, 0.6) is 0 Å². The van der Waals surface area contributed by atoms with E-state index in [1.807, 2.05) is 31.2 Å². The van der Waals surface area contributed by atoms with Crippen LogP contribution in [0, 0.1) is 6.92 Å². The van der Waals surface area contributed by atoms with Crippen LogP contribution in [-0.2, 0) is 4.79 Å². The highest BCUT2D eigenvalue weighted by Gasteiger charge is 2.20. The Morgan fingerprint density at radius 3 is 2.65 bits per heavy atom.